The van der Waals surface area contributed by atoms with Crippen LogP contribution in [0.4, 0.5) is 0 Å². The molecule has 0 radical (unpaired) electrons. The van der Waals surface area contributed by atoms with Gasteiger partial charge in [-0.25, -0.2) is 0 Å². The third-order valence-corrected chi connectivity index (χ3v) is 3.26. The summed E-state index contributed by atoms with van der Waals surface area (Å²) in [5, 5.41) is 13.6. The standard InChI is InChI=1S/C12H15N3S/c1-3-13-8-11-14-15-12(16-11)10-6-4-9(2)5-7-10/h4-7,13H,3,8H2,1-2H3. The number of rotatable bonds is 4. The van der Waals surface area contributed by atoms with E-state index in [-0.39, 0.29) is 0 Å². The van der Waals surface area contributed by atoms with Crippen LogP contribution in [-0.2, 0) is 6.54 Å². The van der Waals surface area contributed by atoms with E-state index < -0.39 is 0 Å². The number of nitrogens with zero attached hydrogens (tertiary/aromatic N) is 2. The SMILES string of the molecule is CCNCc1nnc(-c2ccc(C)cc2)s1. The van der Waals surface area contributed by atoms with Gasteiger partial charge in [-0.2, -0.15) is 0 Å². The van der Waals surface area contributed by atoms with Crippen LogP contribution in [0.5, 0.6) is 0 Å². The van der Waals surface area contributed by atoms with E-state index in [1.54, 1.807) is 11.3 Å². The summed E-state index contributed by atoms with van der Waals surface area (Å²) in [6.45, 7) is 5.93. The topological polar surface area (TPSA) is 37.8 Å². The number of benzene rings is 1. The van der Waals surface area contributed by atoms with Crippen molar-refractivity contribution in [2.45, 2.75) is 20.4 Å². The van der Waals surface area contributed by atoms with Crippen molar-refractivity contribution >= 4 is 11.3 Å². The molecule has 2 aromatic rings. The first kappa shape index (κ1) is 11.2. The summed E-state index contributed by atoms with van der Waals surface area (Å²) in [5.41, 5.74) is 2.41. The predicted octanol–water partition coefficient (Wildman–Crippen LogP) is 2.62. The molecule has 0 unspecified atom stereocenters. The van der Waals surface area contributed by atoms with Gasteiger partial charge in [0.1, 0.15) is 10.0 Å². The molecule has 16 heavy (non-hydrogen) atoms. The maximum absolute atomic E-state index is 4.20. The third kappa shape index (κ3) is 2.65. The molecule has 0 fully saturated rings. The zero-order chi connectivity index (χ0) is 11.4. The lowest BCUT2D eigenvalue weighted by Gasteiger charge is -1.96. The number of hydrogen-bond acceptors (Lipinski definition) is 4. The van der Waals surface area contributed by atoms with E-state index in [1.165, 1.54) is 5.56 Å². The minimum absolute atomic E-state index is 0.806. The maximum atomic E-state index is 4.20. The molecule has 84 valence electrons. The largest absolute Gasteiger partial charge is 0.311 e. The Balaban J connectivity index is 2.15. The van der Waals surface area contributed by atoms with Gasteiger partial charge in [-0.05, 0) is 13.5 Å². The molecule has 2 rings (SSSR count). The minimum Gasteiger partial charge on any atom is -0.311 e. The van der Waals surface area contributed by atoms with Gasteiger partial charge in [0.15, 0.2) is 0 Å². The van der Waals surface area contributed by atoms with Crippen LogP contribution in [0.15, 0.2) is 24.3 Å². The van der Waals surface area contributed by atoms with Crippen molar-refractivity contribution in [3.63, 3.8) is 0 Å². The van der Waals surface area contributed by atoms with Gasteiger partial charge in [0.2, 0.25) is 0 Å². The normalized spacial score (nSPS) is 10.6. The molecule has 0 bridgehead atoms. The summed E-state index contributed by atoms with van der Waals surface area (Å²) in [4.78, 5) is 0. The Labute approximate surface area is 99.5 Å². The van der Waals surface area contributed by atoms with E-state index in [0.717, 1.165) is 28.7 Å². The lowest BCUT2D eigenvalue weighted by atomic mass is 10.2. The Bertz CT molecular complexity index is 448. The van der Waals surface area contributed by atoms with Crippen molar-refractivity contribution in [2.24, 2.45) is 0 Å². The molecule has 0 saturated heterocycles. The molecule has 4 heteroatoms. The van der Waals surface area contributed by atoms with Gasteiger partial charge in [-0.3, -0.25) is 0 Å². The Morgan fingerprint density at radius 2 is 1.94 bits per heavy atom. The van der Waals surface area contributed by atoms with E-state index in [1.807, 2.05) is 0 Å². The first-order valence-electron chi connectivity index (χ1n) is 5.39. The molecule has 0 spiro atoms. The summed E-state index contributed by atoms with van der Waals surface area (Å²) >= 11 is 1.65. The van der Waals surface area contributed by atoms with Gasteiger partial charge >= 0.3 is 0 Å². The monoisotopic (exact) mass is 233 g/mol. The highest BCUT2D eigenvalue weighted by molar-refractivity contribution is 7.14. The Morgan fingerprint density at radius 1 is 1.19 bits per heavy atom. The van der Waals surface area contributed by atoms with Crippen molar-refractivity contribution in [3.05, 3.63) is 34.8 Å². The Kier molecular flexibility index (Phi) is 3.64. The minimum atomic E-state index is 0.806. The Morgan fingerprint density at radius 3 is 2.62 bits per heavy atom. The molecule has 0 amide bonds. The molecule has 0 atom stereocenters. The number of aromatic nitrogens is 2. The smallest absolute Gasteiger partial charge is 0.147 e. The molecular formula is C12H15N3S. The average molecular weight is 233 g/mol. The van der Waals surface area contributed by atoms with Gasteiger partial charge < -0.3 is 5.32 Å². The molecular weight excluding hydrogens is 218 g/mol. The summed E-state index contributed by atoms with van der Waals surface area (Å²) in [5.74, 6) is 0. The van der Waals surface area contributed by atoms with Crippen LogP contribution in [0, 0.1) is 6.92 Å². The fourth-order valence-corrected chi connectivity index (χ4v) is 2.18. The first-order chi connectivity index (χ1) is 7.79. The lowest BCUT2D eigenvalue weighted by Crippen LogP contribution is -2.11. The highest BCUT2D eigenvalue weighted by Crippen LogP contribution is 2.23. The van der Waals surface area contributed by atoms with E-state index in [4.69, 9.17) is 0 Å². The quantitative estimate of drug-likeness (QED) is 0.882. The molecule has 0 aliphatic rings. The van der Waals surface area contributed by atoms with Crippen molar-refractivity contribution in [2.75, 3.05) is 6.54 Å². The van der Waals surface area contributed by atoms with Crippen LogP contribution in [0.25, 0.3) is 10.6 Å². The van der Waals surface area contributed by atoms with Crippen molar-refractivity contribution in [1.82, 2.24) is 15.5 Å². The van der Waals surface area contributed by atoms with E-state index >= 15 is 0 Å². The van der Waals surface area contributed by atoms with Crippen LogP contribution in [0.2, 0.25) is 0 Å². The number of nitrogens with one attached hydrogen (secondary N) is 1. The van der Waals surface area contributed by atoms with Crippen molar-refractivity contribution < 1.29 is 0 Å². The third-order valence-electron chi connectivity index (χ3n) is 2.29. The second-order valence-electron chi connectivity index (χ2n) is 3.65. The predicted molar refractivity (Wildman–Crippen MR) is 67.5 cm³/mol. The lowest BCUT2D eigenvalue weighted by molar-refractivity contribution is 0.715. The summed E-state index contributed by atoms with van der Waals surface area (Å²) in [7, 11) is 0. The summed E-state index contributed by atoms with van der Waals surface area (Å²) in [6, 6.07) is 8.38. The van der Waals surface area contributed by atoms with Gasteiger partial charge in [-0.15, -0.1) is 10.2 Å². The molecule has 0 aliphatic carbocycles. The van der Waals surface area contributed by atoms with Crippen LogP contribution >= 0.6 is 11.3 Å². The highest BCUT2D eigenvalue weighted by Gasteiger charge is 2.05. The fraction of sp³-hybridized carbons (Fsp3) is 0.333. The van der Waals surface area contributed by atoms with E-state index in [2.05, 4.69) is 53.6 Å². The van der Waals surface area contributed by atoms with Crippen molar-refractivity contribution in [3.8, 4) is 10.6 Å². The molecule has 1 heterocycles. The summed E-state index contributed by atoms with van der Waals surface area (Å²) in [6.07, 6.45) is 0. The zero-order valence-corrected chi connectivity index (χ0v) is 10.3. The summed E-state index contributed by atoms with van der Waals surface area (Å²) < 4.78 is 0. The molecule has 1 aromatic carbocycles. The molecule has 3 nitrogen and oxygen atoms in total. The average Bonchev–Trinajstić information content (AvgIpc) is 2.76. The molecule has 1 N–H and O–H groups in total. The first-order valence-corrected chi connectivity index (χ1v) is 6.21. The van der Waals surface area contributed by atoms with Crippen LogP contribution < -0.4 is 5.32 Å². The number of hydrogen-bond donors (Lipinski definition) is 1. The zero-order valence-electron chi connectivity index (χ0n) is 9.53. The van der Waals surface area contributed by atoms with Crippen molar-refractivity contribution in [1.29, 1.82) is 0 Å². The van der Waals surface area contributed by atoms with Gasteiger partial charge in [0.05, 0.1) is 0 Å². The van der Waals surface area contributed by atoms with E-state index in [9.17, 15) is 0 Å². The molecule has 0 saturated carbocycles. The fourth-order valence-electron chi connectivity index (χ4n) is 1.37. The van der Waals surface area contributed by atoms with Gasteiger partial charge in [0.25, 0.3) is 0 Å². The second-order valence-corrected chi connectivity index (χ2v) is 4.71. The van der Waals surface area contributed by atoms with E-state index in [0.29, 0.717) is 0 Å². The van der Waals surface area contributed by atoms with Gasteiger partial charge in [0, 0.05) is 12.1 Å². The Hall–Kier alpha value is -1.26. The highest BCUT2D eigenvalue weighted by atomic mass is 32.1. The second kappa shape index (κ2) is 5.18. The van der Waals surface area contributed by atoms with Crippen LogP contribution in [0.1, 0.15) is 17.5 Å². The number of aryl methyl sites for hydroxylation is 1. The van der Waals surface area contributed by atoms with Crippen LogP contribution in [-0.4, -0.2) is 16.7 Å². The molecule has 0 aliphatic heterocycles. The van der Waals surface area contributed by atoms with Crippen LogP contribution in [0.3, 0.4) is 0 Å². The maximum Gasteiger partial charge on any atom is 0.147 e. The molecule has 1 aromatic heterocycles. The van der Waals surface area contributed by atoms with Gasteiger partial charge in [-0.1, -0.05) is 48.1 Å².